The van der Waals surface area contributed by atoms with E-state index in [1.807, 2.05) is 36.4 Å². The van der Waals surface area contributed by atoms with Crippen LogP contribution in [0.1, 0.15) is 23.0 Å². The Labute approximate surface area is 181 Å². The zero-order chi connectivity index (χ0) is 20.5. The van der Waals surface area contributed by atoms with Gasteiger partial charge in [0, 0.05) is 32.5 Å². The number of phenols is 1. The number of nitrogens with one attached hydrogen (secondary N) is 1. The van der Waals surface area contributed by atoms with Crippen LogP contribution in [0.25, 0.3) is 21.7 Å². The molecule has 0 aliphatic rings. The van der Waals surface area contributed by atoms with E-state index in [1.54, 1.807) is 19.1 Å². The highest BCUT2D eigenvalue weighted by atomic mass is 35.5. The van der Waals surface area contributed by atoms with Gasteiger partial charge >= 0.3 is 5.97 Å². The maximum absolute atomic E-state index is 12.7. The summed E-state index contributed by atoms with van der Waals surface area (Å²) in [5.41, 5.74) is 1.91. The zero-order valence-electron chi connectivity index (χ0n) is 15.5. The number of rotatable bonds is 5. The average molecular weight is 446 g/mol. The average Bonchev–Trinajstić information content (AvgIpc) is 3.08. The van der Waals surface area contributed by atoms with E-state index in [1.165, 1.54) is 11.8 Å². The van der Waals surface area contributed by atoms with Gasteiger partial charge in [0.2, 0.25) is 0 Å². The van der Waals surface area contributed by atoms with Crippen LogP contribution in [0.4, 0.5) is 0 Å². The fourth-order valence-corrected chi connectivity index (χ4v) is 4.80. The lowest BCUT2D eigenvalue weighted by Crippen LogP contribution is -2.06. The minimum atomic E-state index is -0.429. The van der Waals surface area contributed by atoms with E-state index in [0.717, 1.165) is 15.8 Å². The molecule has 0 saturated carbocycles. The second-order valence-electron chi connectivity index (χ2n) is 6.40. The van der Waals surface area contributed by atoms with Crippen LogP contribution in [0.3, 0.4) is 0 Å². The first-order chi connectivity index (χ1) is 14.0. The number of aromatic hydroxyl groups is 1. The molecule has 4 nitrogen and oxygen atoms in total. The first-order valence-corrected chi connectivity index (χ1v) is 10.7. The Morgan fingerprint density at radius 1 is 1.10 bits per heavy atom. The van der Waals surface area contributed by atoms with Crippen LogP contribution in [0.15, 0.2) is 53.4 Å². The van der Waals surface area contributed by atoms with Crippen molar-refractivity contribution in [3.8, 4) is 5.75 Å². The number of carbonyl (C=O) groups excluding carboxylic acids is 1. The summed E-state index contributed by atoms with van der Waals surface area (Å²) in [5, 5.41) is 13.6. The minimum Gasteiger partial charge on any atom is -0.507 e. The van der Waals surface area contributed by atoms with Crippen LogP contribution in [-0.2, 0) is 10.5 Å². The summed E-state index contributed by atoms with van der Waals surface area (Å²) in [4.78, 5) is 16.9. The maximum atomic E-state index is 12.7. The maximum Gasteiger partial charge on any atom is 0.340 e. The smallest absolute Gasteiger partial charge is 0.340 e. The van der Waals surface area contributed by atoms with Crippen molar-refractivity contribution in [2.75, 3.05) is 6.61 Å². The Bertz CT molecular complexity index is 1240. The number of aromatic amines is 1. The molecule has 4 rings (SSSR count). The predicted octanol–water partition coefficient (Wildman–Crippen LogP) is 6.80. The van der Waals surface area contributed by atoms with Crippen molar-refractivity contribution < 1.29 is 14.6 Å². The zero-order valence-corrected chi connectivity index (χ0v) is 17.8. The molecule has 0 aliphatic carbocycles. The summed E-state index contributed by atoms with van der Waals surface area (Å²) in [5.74, 6) is 0.147. The van der Waals surface area contributed by atoms with Crippen LogP contribution in [-0.4, -0.2) is 22.7 Å². The molecule has 2 N–H and O–H groups in total. The molecule has 0 amide bonds. The highest BCUT2D eigenvalue weighted by Gasteiger charge is 2.22. The van der Waals surface area contributed by atoms with E-state index in [4.69, 9.17) is 27.9 Å². The third-order valence-electron chi connectivity index (χ3n) is 4.64. The number of aromatic nitrogens is 1. The van der Waals surface area contributed by atoms with Gasteiger partial charge in [-0.3, -0.25) is 0 Å². The predicted molar refractivity (Wildman–Crippen MR) is 119 cm³/mol. The van der Waals surface area contributed by atoms with Crippen molar-refractivity contribution in [2.45, 2.75) is 17.6 Å². The van der Waals surface area contributed by atoms with Crippen LogP contribution < -0.4 is 0 Å². The Kier molecular flexibility index (Phi) is 5.63. The normalized spacial score (nSPS) is 11.3. The summed E-state index contributed by atoms with van der Waals surface area (Å²) < 4.78 is 5.28. The first kappa shape index (κ1) is 20.0. The van der Waals surface area contributed by atoms with E-state index in [9.17, 15) is 9.90 Å². The Morgan fingerprint density at radius 3 is 2.62 bits per heavy atom. The molecule has 0 unspecified atom stereocenters. The summed E-state index contributed by atoms with van der Waals surface area (Å²) in [6, 6.07) is 14.6. The van der Waals surface area contributed by atoms with Crippen molar-refractivity contribution in [2.24, 2.45) is 0 Å². The minimum absolute atomic E-state index is 0.120. The number of fused-ring (bicyclic) bond motifs is 3. The van der Waals surface area contributed by atoms with Gasteiger partial charge in [-0.15, -0.1) is 11.8 Å². The van der Waals surface area contributed by atoms with E-state index < -0.39 is 5.97 Å². The number of benzene rings is 3. The Morgan fingerprint density at radius 2 is 1.86 bits per heavy atom. The van der Waals surface area contributed by atoms with Crippen molar-refractivity contribution in [3.63, 3.8) is 0 Å². The molecule has 0 spiro atoms. The molecular weight excluding hydrogens is 429 g/mol. The summed E-state index contributed by atoms with van der Waals surface area (Å²) in [6.07, 6.45) is 0. The number of H-pyrrole nitrogens is 1. The van der Waals surface area contributed by atoms with Crippen molar-refractivity contribution in [3.05, 3.63) is 69.8 Å². The number of hydrogen-bond acceptors (Lipinski definition) is 4. The van der Waals surface area contributed by atoms with Crippen LogP contribution >= 0.6 is 35.0 Å². The summed E-state index contributed by atoms with van der Waals surface area (Å²) in [6.45, 7) is 2.03. The number of esters is 1. The van der Waals surface area contributed by atoms with Gasteiger partial charge < -0.3 is 14.8 Å². The second kappa shape index (κ2) is 8.19. The van der Waals surface area contributed by atoms with Crippen molar-refractivity contribution in [1.82, 2.24) is 4.98 Å². The molecule has 0 bridgehead atoms. The molecule has 29 heavy (non-hydrogen) atoms. The van der Waals surface area contributed by atoms with Gasteiger partial charge in [-0.2, -0.15) is 0 Å². The lowest BCUT2D eigenvalue weighted by atomic mass is 10.0. The van der Waals surface area contributed by atoms with Gasteiger partial charge in [0.05, 0.1) is 27.7 Å². The summed E-state index contributed by atoms with van der Waals surface area (Å²) >= 11 is 13.9. The van der Waals surface area contributed by atoms with Gasteiger partial charge in [0.15, 0.2) is 0 Å². The molecule has 148 valence electrons. The third kappa shape index (κ3) is 3.66. The molecule has 1 aromatic heterocycles. The van der Waals surface area contributed by atoms with Gasteiger partial charge in [-0.05, 0) is 25.1 Å². The molecule has 0 aliphatic heterocycles. The lowest BCUT2D eigenvalue weighted by molar-refractivity contribution is 0.0528. The Balaban J connectivity index is 1.85. The monoisotopic (exact) mass is 445 g/mol. The van der Waals surface area contributed by atoms with Gasteiger partial charge in [-0.25, -0.2) is 4.79 Å². The fourth-order valence-electron chi connectivity index (χ4n) is 3.35. The highest BCUT2D eigenvalue weighted by Crippen LogP contribution is 2.39. The van der Waals surface area contributed by atoms with Crippen LogP contribution in [0.2, 0.25) is 10.0 Å². The number of thioether (sulfide) groups is 1. The molecule has 1 heterocycles. The van der Waals surface area contributed by atoms with Crippen molar-refractivity contribution >= 4 is 62.6 Å². The van der Waals surface area contributed by atoms with Crippen molar-refractivity contribution in [1.29, 1.82) is 0 Å². The largest absolute Gasteiger partial charge is 0.507 e. The number of hydrogen-bond donors (Lipinski definition) is 2. The third-order valence-corrected chi connectivity index (χ3v) is 6.65. The second-order valence-corrected chi connectivity index (χ2v) is 8.21. The van der Waals surface area contributed by atoms with E-state index in [-0.39, 0.29) is 12.4 Å². The quantitative estimate of drug-likeness (QED) is 0.261. The Hall–Kier alpha value is -2.34. The molecule has 0 saturated heterocycles. The molecule has 4 aromatic rings. The van der Waals surface area contributed by atoms with Gasteiger partial charge in [-0.1, -0.05) is 53.5 Å². The number of carbonyl (C=O) groups is 1. The SMILES string of the molecule is CCOC(=O)c1c(CSc2cccc(Cl)c2Cl)[nH]c2c1cc(O)c1ccccc12. The number of phenolic OH excluding ortho intramolecular Hbond substituents is 1. The molecule has 0 fully saturated rings. The number of halogens is 2. The molecule has 0 atom stereocenters. The van der Waals surface area contributed by atoms with Gasteiger partial charge in [0.25, 0.3) is 0 Å². The topological polar surface area (TPSA) is 62.3 Å². The summed E-state index contributed by atoms with van der Waals surface area (Å²) in [7, 11) is 0. The van der Waals surface area contributed by atoms with E-state index >= 15 is 0 Å². The van der Waals surface area contributed by atoms with Gasteiger partial charge in [0.1, 0.15) is 5.75 Å². The number of ether oxygens (including phenoxy) is 1. The molecular formula is C22H17Cl2NO3S. The lowest BCUT2D eigenvalue weighted by Gasteiger charge is -2.07. The standard InChI is InChI=1S/C22H17Cl2NO3S/c1-2-28-22(27)19-14-10-17(26)12-6-3-4-7-13(12)21(14)25-16(19)11-29-18-9-5-8-15(23)20(18)24/h3-10,25-26H,2,11H2,1H3. The first-order valence-electron chi connectivity index (χ1n) is 9.00. The molecule has 0 radical (unpaired) electrons. The fraction of sp³-hybridized carbons (Fsp3) is 0.136. The molecule has 7 heteroatoms. The highest BCUT2D eigenvalue weighted by molar-refractivity contribution is 7.98. The van der Waals surface area contributed by atoms with Crippen LogP contribution in [0, 0.1) is 0 Å². The molecule has 3 aromatic carbocycles. The van der Waals surface area contributed by atoms with E-state index in [2.05, 4.69) is 4.98 Å². The van der Waals surface area contributed by atoms with E-state index in [0.29, 0.717) is 37.8 Å². The van der Waals surface area contributed by atoms with Crippen LogP contribution in [0.5, 0.6) is 5.75 Å².